The number of carbonyl (C=O) groups excluding carboxylic acids is 1. The standard InChI is InChI=1S/C17H26N2O2/c1-13(2)15-7-5-6-8-16(15)21-14(3)17(20)19-11-9-18(4)10-12-19/h5-8,13-14H,9-12H2,1-4H3/t14-/m1/s1. The van der Waals surface area contributed by atoms with E-state index in [1.165, 1.54) is 0 Å². The highest BCUT2D eigenvalue weighted by Gasteiger charge is 2.25. The smallest absolute Gasteiger partial charge is 0.263 e. The zero-order chi connectivity index (χ0) is 15.4. The molecule has 21 heavy (non-hydrogen) atoms. The van der Waals surface area contributed by atoms with Crippen LogP contribution in [-0.2, 0) is 4.79 Å². The molecule has 0 radical (unpaired) electrons. The van der Waals surface area contributed by atoms with Crippen LogP contribution < -0.4 is 4.74 Å². The second kappa shape index (κ2) is 6.94. The number of rotatable bonds is 4. The predicted molar refractivity (Wildman–Crippen MR) is 84.7 cm³/mol. The van der Waals surface area contributed by atoms with Gasteiger partial charge < -0.3 is 14.5 Å². The number of para-hydroxylation sites is 1. The lowest BCUT2D eigenvalue weighted by atomic mass is 10.0. The van der Waals surface area contributed by atoms with Crippen molar-refractivity contribution in [1.82, 2.24) is 9.80 Å². The minimum Gasteiger partial charge on any atom is -0.481 e. The van der Waals surface area contributed by atoms with Crippen molar-refractivity contribution in [2.24, 2.45) is 0 Å². The van der Waals surface area contributed by atoms with E-state index in [0.717, 1.165) is 37.5 Å². The number of benzene rings is 1. The molecule has 1 aliphatic heterocycles. The molecule has 2 rings (SSSR count). The maximum atomic E-state index is 12.5. The van der Waals surface area contributed by atoms with Crippen molar-refractivity contribution < 1.29 is 9.53 Å². The van der Waals surface area contributed by atoms with Gasteiger partial charge in [-0.25, -0.2) is 0 Å². The van der Waals surface area contributed by atoms with Crippen LogP contribution in [0.2, 0.25) is 0 Å². The van der Waals surface area contributed by atoms with Crippen LogP contribution in [0.3, 0.4) is 0 Å². The van der Waals surface area contributed by atoms with Crippen LogP contribution in [0.4, 0.5) is 0 Å². The summed E-state index contributed by atoms with van der Waals surface area (Å²) in [5.74, 6) is 1.29. The van der Waals surface area contributed by atoms with Gasteiger partial charge >= 0.3 is 0 Å². The van der Waals surface area contributed by atoms with Crippen LogP contribution in [0.25, 0.3) is 0 Å². The zero-order valence-corrected chi connectivity index (χ0v) is 13.5. The molecule has 0 bridgehead atoms. The van der Waals surface area contributed by atoms with E-state index < -0.39 is 6.10 Å². The molecule has 0 unspecified atom stereocenters. The minimum atomic E-state index is -0.437. The summed E-state index contributed by atoms with van der Waals surface area (Å²) in [5.41, 5.74) is 1.15. The van der Waals surface area contributed by atoms with Crippen molar-refractivity contribution in [3.63, 3.8) is 0 Å². The first-order chi connectivity index (χ1) is 9.99. The largest absolute Gasteiger partial charge is 0.481 e. The van der Waals surface area contributed by atoms with E-state index in [2.05, 4.69) is 31.9 Å². The molecule has 116 valence electrons. The van der Waals surface area contributed by atoms with Gasteiger partial charge in [0.15, 0.2) is 6.10 Å². The fourth-order valence-electron chi connectivity index (χ4n) is 2.59. The van der Waals surface area contributed by atoms with Crippen LogP contribution in [0.15, 0.2) is 24.3 Å². The third kappa shape index (κ3) is 3.97. The number of amides is 1. The molecule has 0 N–H and O–H groups in total. The lowest BCUT2D eigenvalue weighted by molar-refractivity contribution is -0.139. The summed E-state index contributed by atoms with van der Waals surface area (Å²) in [6, 6.07) is 7.97. The van der Waals surface area contributed by atoms with Gasteiger partial charge in [0.1, 0.15) is 5.75 Å². The maximum Gasteiger partial charge on any atom is 0.263 e. The highest BCUT2D eigenvalue weighted by molar-refractivity contribution is 5.81. The zero-order valence-electron chi connectivity index (χ0n) is 13.5. The molecule has 1 saturated heterocycles. The fourth-order valence-corrected chi connectivity index (χ4v) is 2.59. The van der Waals surface area contributed by atoms with E-state index in [-0.39, 0.29) is 5.91 Å². The van der Waals surface area contributed by atoms with Crippen molar-refractivity contribution in [3.8, 4) is 5.75 Å². The van der Waals surface area contributed by atoms with Crippen molar-refractivity contribution in [2.75, 3.05) is 33.2 Å². The van der Waals surface area contributed by atoms with Crippen LogP contribution in [0.5, 0.6) is 5.75 Å². The van der Waals surface area contributed by atoms with E-state index >= 15 is 0 Å². The Labute approximate surface area is 127 Å². The maximum absolute atomic E-state index is 12.5. The first-order valence-electron chi connectivity index (χ1n) is 7.72. The third-order valence-corrected chi connectivity index (χ3v) is 4.01. The topological polar surface area (TPSA) is 32.8 Å². The Morgan fingerprint density at radius 1 is 1.10 bits per heavy atom. The third-order valence-electron chi connectivity index (χ3n) is 4.01. The molecule has 1 fully saturated rings. The average molecular weight is 290 g/mol. The summed E-state index contributed by atoms with van der Waals surface area (Å²) in [7, 11) is 2.08. The summed E-state index contributed by atoms with van der Waals surface area (Å²) in [5, 5.41) is 0. The first-order valence-corrected chi connectivity index (χ1v) is 7.72. The number of hydrogen-bond donors (Lipinski definition) is 0. The number of hydrogen-bond acceptors (Lipinski definition) is 3. The van der Waals surface area contributed by atoms with E-state index in [1.807, 2.05) is 30.0 Å². The summed E-state index contributed by atoms with van der Waals surface area (Å²) in [6.45, 7) is 9.55. The lowest BCUT2D eigenvalue weighted by Gasteiger charge is -2.34. The van der Waals surface area contributed by atoms with Crippen LogP contribution in [0.1, 0.15) is 32.3 Å². The molecule has 1 amide bonds. The molecule has 0 aliphatic carbocycles. The number of nitrogens with zero attached hydrogens (tertiary/aromatic N) is 2. The van der Waals surface area contributed by atoms with Gasteiger partial charge in [0.05, 0.1) is 0 Å². The second-order valence-electron chi connectivity index (χ2n) is 6.08. The molecule has 1 atom stereocenters. The van der Waals surface area contributed by atoms with Gasteiger partial charge in [0.2, 0.25) is 0 Å². The predicted octanol–water partition coefficient (Wildman–Crippen LogP) is 2.35. The monoisotopic (exact) mass is 290 g/mol. The molecule has 1 aromatic rings. The van der Waals surface area contributed by atoms with Gasteiger partial charge in [-0.1, -0.05) is 32.0 Å². The van der Waals surface area contributed by atoms with E-state index in [4.69, 9.17) is 4.74 Å². The Morgan fingerprint density at radius 2 is 1.71 bits per heavy atom. The van der Waals surface area contributed by atoms with E-state index in [1.54, 1.807) is 0 Å². The van der Waals surface area contributed by atoms with Gasteiger partial charge in [-0.3, -0.25) is 4.79 Å². The highest BCUT2D eigenvalue weighted by atomic mass is 16.5. The molecular weight excluding hydrogens is 264 g/mol. The normalized spacial score (nSPS) is 17.9. The van der Waals surface area contributed by atoms with E-state index in [0.29, 0.717) is 5.92 Å². The van der Waals surface area contributed by atoms with Gasteiger partial charge in [0, 0.05) is 26.2 Å². The molecule has 0 aromatic heterocycles. The van der Waals surface area contributed by atoms with Crippen molar-refractivity contribution in [3.05, 3.63) is 29.8 Å². The Bertz CT molecular complexity index is 479. The molecule has 0 saturated carbocycles. The lowest BCUT2D eigenvalue weighted by Crippen LogP contribution is -2.50. The van der Waals surface area contributed by atoms with Gasteiger partial charge in [-0.2, -0.15) is 0 Å². The summed E-state index contributed by atoms with van der Waals surface area (Å²) >= 11 is 0. The first kappa shape index (κ1) is 15.8. The summed E-state index contributed by atoms with van der Waals surface area (Å²) in [6.07, 6.45) is -0.437. The van der Waals surface area contributed by atoms with E-state index in [9.17, 15) is 4.79 Å². The molecule has 4 heteroatoms. The summed E-state index contributed by atoms with van der Waals surface area (Å²) in [4.78, 5) is 16.6. The van der Waals surface area contributed by atoms with Gasteiger partial charge in [-0.05, 0) is 31.5 Å². The SMILES string of the molecule is CC(C)c1ccccc1O[C@H](C)C(=O)N1CCN(C)CC1. The Balaban J connectivity index is 2.01. The van der Waals surface area contributed by atoms with Gasteiger partial charge in [-0.15, -0.1) is 0 Å². The van der Waals surface area contributed by atoms with Crippen LogP contribution in [-0.4, -0.2) is 55.0 Å². The highest BCUT2D eigenvalue weighted by Crippen LogP contribution is 2.27. The molecular formula is C17H26N2O2. The van der Waals surface area contributed by atoms with Crippen LogP contribution >= 0.6 is 0 Å². The van der Waals surface area contributed by atoms with Crippen molar-refractivity contribution in [2.45, 2.75) is 32.8 Å². The average Bonchev–Trinajstić information content (AvgIpc) is 2.47. The van der Waals surface area contributed by atoms with Gasteiger partial charge in [0.25, 0.3) is 5.91 Å². The van der Waals surface area contributed by atoms with Crippen molar-refractivity contribution in [1.29, 1.82) is 0 Å². The minimum absolute atomic E-state index is 0.0849. The quantitative estimate of drug-likeness (QED) is 0.853. The van der Waals surface area contributed by atoms with Crippen molar-refractivity contribution >= 4 is 5.91 Å². The molecule has 1 heterocycles. The molecule has 4 nitrogen and oxygen atoms in total. The Kier molecular flexibility index (Phi) is 5.23. The molecule has 0 spiro atoms. The fraction of sp³-hybridized carbons (Fsp3) is 0.588. The molecule has 1 aliphatic rings. The summed E-state index contributed by atoms with van der Waals surface area (Å²) < 4.78 is 5.94. The number of piperazine rings is 1. The number of likely N-dealkylation sites (N-methyl/N-ethyl adjacent to an activating group) is 1. The second-order valence-corrected chi connectivity index (χ2v) is 6.08. The molecule has 1 aromatic carbocycles. The number of carbonyl (C=O) groups is 1. The number of ether oxygens (including phenoxy) is 1. The Morgan fingerprint density at radius 3 is 2.33 bits per heavy atom. The Hall–Kier alpha value is -1.55. The van der Waals surface area contributed by atoms with Crippen LogP contribution in [0, 0.1) is 0 Å².